The number of rotatable bonds is 12. The van der Waals surface area contributed by atoms with Crippen molar-refractivity contribution in [3.8, 4) is 0 Å². The Kier molecular flexibility index (Phi) is 14.6. The molecule has 0 amide bonds. The van der Waals surface area contributed by atoms with E-state index in [1.807, 2.05) is 148 Å². The summed E-state index contributed by atoms with van der Waals surface area (Å²) in [6.07, 6.45) is 9.58. The van der Waals surface area contributed by atoms with Gasteiger partial charge in [-0.1, -0.05) is 156 Å². The fourth-order valence-corrected chi connectivity index (χ4v) is 14.3. The molecule has 0 aliphatic heterocycles. The second-order valence-electron chi connectivity index (χ2n) is 20.4. The van der Waals surface area contributed by atoms with Gasteiger partial charge in [0.1, 0.15) is 0 Å². The predicted octanol–water partition coefficient (Wildman–Crippen LogP) is 16.4. The van der Waals surface area contributed by atoms with E-state index in [0.717, 1.165) is 46.1 Å². The van der Waals surface area contributed by atoms with E-state index in [1.165, 1.54) is 41.6 Å². The molecule has 2 aliphatic carbocycles. The van der Waals surface area contributed by atoms with E-state index in [9.17, 15) is 16.8 Å². The van der Waals surface area contributed by atoms with Gasteiger partial charge < -0.3 is 9.13 Å². The van der Waals surface area contributed by atoms with Crippen LogP contribution in [0, 0.1) is 13.8 Å². The van der Waals surface area contributed by atoms with E-state index in [1.54, 1.807) is 24.3 Å². The quantitative estimate of drug-likeness (QED) is 0.122. The molecule has 392 valence electrons. The molecule has 78 heavy (non-hydrogen) atoms. The Hall–Kier alpha value is -7.60. The summed E-state index contributed by atoms with van der Waals surface area (Å²) < 4.78 is 63.3. The highest BCUT2D eigenvalue weighted by Crippen LogP contribution is 2.57. The Morgan fingerprint density at radius 1 is 0.436 bits per heavy atom. The Balaban J connectivity index is 0.000000165. The van der Waals surface area contributed by atoms with Crippen LogP contribution in [-0.4, -0.2) is 26.0 Å². The number of anilines is 2. The number of aromatic nitrogens is 2. The Morgan fingerprint density at radius 2 is 0.769 bits per heavy atom. The van der Waals surface area contributed by atoms with Gasteiger partial charge in [-0.05, 0) is 157 Å². The van der Waals surface area contributed by atoms with Crippen molar-refractivity contribution >= 4 is 76.4 Å². The monoisotopic (exact) mass is 1100 g/mol. The zero-order valence-electron chi connectivity index (χ0n) is 43.7. The summed E-state index contributed by atoms with van der Waals surface area (Å²) in [5.41, 5.74) is 12.5. The van der Waals surface area contributed by atoms with Crippen molar-refractivity contribution in [3.05, 3.63) is 286 Å². The van der Waals surface area contributed by atoms with E-state index in [0.29, 0.717) is 21.4 Å². The number of benzene rings is 8. The lowest BCUT2D eigenvalue weighted by Crippen LogP contribution is -2.31. The average molecular weight is 1110 g/mol. The first-order valence-corrected chi connectivity index (χ1v) is 29.6. The molecule has 2 saturated carbocycles. The lowest BCUT2D eigenvalue weighted by molar-refractivity contribution is 0.469. The SMILES string of the molecule is Cc1ccc(S(=O)(=O)N(/C=C2/C[C@H](c3ccc(Cl)cc3)[C@H]2c2cn(C)c3ccccc23)c2ccccc2)cc1.Cc1ccc(S(=O)(=O)N(/C=C2/C[C@H](c3ccc(Cl)cc3)[C@H]2c2cn(C)c3ccccc23)c2ccccc2)cc1. The third kappa shape index (κ3) is 10.2. The molecule has 0 radical (unpaired) electrons. The topological polar surface area (TPSA) is 84.6 Å². The molecule has 4 atom stereocenters. The van der Waals surface area contributed by atoms with Crippen molar-refractivity contribution in [2.45, 2.75) is 60.2 Å². The van der Waals surface area contributed by atoms with E-state index in [-0.39, 0.29) is 33.5 Å². The maximum absolute atomic E-state index is 14.0. The molecule has 0 spiro atoms. The zero-order chi connectivity index (χ0) is 54.3. The van der Waals surface area contributed by atoms with Crippen molar-refractivity contribution in [2.24, 2.45) is 14.1 Å². The second-order valence-corrected chi connectivity index (χ2v) is 24.9. The minimum Gasteiger partial charge on any atom is -0.350 e. The highest BCUT2D eigenvalue weighted by molar-refractivity contribution is 7.93. The molecule has 0 bridgehead atoms. The molecule has 2 heterocycles. The van der Waals surface area contributed by atoms with Gasteiger partial charge in [-0.25, -0.2) is 25.4 Å². The van der Waals surface area contributed by atoms with E-state index >= 15 is 0 Å². The predicted molar refractivity (Wildman–Crippen MR) is 320 cm³/mol. The largest absolute Gasteiger partial charge is 0.350 e. The van der Waals surface area contributed by atoms with Gasteiger partial charge in [0.2, 0.25) is 0 Å². The van der Waals surface area contributed by atoms with Crippen LogP contribution in [0.25, 0.3) is 21.8 Å². The summed E-state index contributed by atoms with van der Waals surface area (Å²) in [5, 5.41) is 3.77. The fraction of sp³-hybridized carbons (Fsp3) is 0.152. The van der Waals surface area contributed by atoms with Gasteiger partial charge in [0.25, 0.3) is 20.0 Å². The number of hydrogen-bond donors (Lipinski definition) is 0. The normalized spacial score (nSPS) is 18.3. The van der Waals surface area contributed by atoms with E-state index in [4.69, 9.17) is 23.2 Å². The minimum atomic E-state index is -3.84. The zero-order valence-corrected chi connectivity index (χ0v) is 46.8. The van der Waals surface area contributed by atoms with Gasteiger partial charge >= 0.3 is 0 Å². The lowest BCUT2D eigenvalue weighted by atomic mass is 9.63. The van der Waals surface area contributed by atoms with Crippen molar-refractivity contribution < 1.29 is 16.8 Å². The Bertz CT molecular complexity index is 3820. The average Bonchev–Trinajstić information content (AvgIpc) is 4.04. The molecule has 0 saturated heterocycles. The number of halogens is 2. The van der Waals surface area contributed by atoms with E-state index < -0.39 is 20.0 Å². The fourth-order valence-electron chi connectivity index (χ4n) is 11.2. The van der Waals surface area contributed by atoms with Gasteiger partial charge in [-0.2, -0.15) is 0 Å². The van der Waals surface area contributed by atoms with Crippen LogP contribution in [0.4, 0.5) is 11.4 Å². The lowest BCUT2D eigenvalue weighted by Gasteiger charge is -2.41. The Morgan fingerprint density at radius 3 is 1.13 bits per heavy atom. The summed E-state index contributed by atoms with van der Waals surface area (Å²) in [4.78, 5) is 0.535. The number of aryl methyl sites for hydroxylation is 4. The molecule has 0 unspecified atom stereocenters. The number of para-hydroxylation sites is 4. The molecule has 0 N–H and O–H groups in total. The summed E-state index contributed by atoms with van der Waals surface area (Å²) in [7, 11) is -3.56. The van der Waals surface area contributed by atoms with Crippen LogP contribution in [0.3, 0.4) is 0 Å². The Labute approximate surface area is 467 Å². The number of hydrogen-bond acceptors (Lipinski definition) is 4. The first-order chi connectivity index (χ1) is 37.6. The first-order valence-electron chi connectivity index (χ1n) is 26.0. The molecule has 2 aliphatic rings. The van der Waals surface area contributed by atoms with Crippen LogP contribution in [0.2, 0.25) is 10.0 Å². The molecular formula is C66H58Cl2N4O4S2. The van der Waals surface area contributed by atoms with Crippen molar-refractivity contribution in [3.63, 3.8) is 0 Å². The summed E-state index contributed by atoms with van der Waals surface area (Å²) in [6, 6.07) is 65.5. The molecule has 2 aromatic heterocycles. The number of allylic oxidation sites excluding steroid dienone is 2. The number of nitrogens with zero attached hydrogens (tertiary/aromatic N) is 4. The minimum absolute atomic E-state index is 0.0247. The molecule has 2 fully saturated rings. The number of sulfonamides is 2. The second kappa shape index (κ2) is 21.7. The third-order valence-corrected chi connectivity index (χ3v) is 19.3. The number of fused-ring (bicyclic) bond motifs is 2. The van der Waals surface area contributed by atoms with Gasteiger partial charge in [0, 0.05) is 82.6 Å². The van der Waals surface area contributed by atoms with E-state index in [2.05, 4.69) is 96.3 Å². The van der Waals surface area contributed by atoms with Crippen LogP contribution >= 0.6 is 23.2 Å². The van der Waals surface area contributed by atoms with Gasteiger partial charge in [0.05, 0.1) is 21.2 Å². The van der Waals surface area contributed by atoms with Crippen molar-refractivity contribution in [2.75, 3.05) is 8.61 Å². The summed E-state index contributed by atoms with van der Waals surface area (Å²) in [5.74, 6) is 0.464. The molecular weight excluding hydrogens is 1050 g/mol. The van der Waals surface area contributed by atoms with Gasteiger partial charge in [0.15, 0.2) is 0 Å². The molecule has 8 nitrogen and oxygen atoms in total. The van der Waals surface area contributed by atoms with Crippen LogP contribution in [0.15, 0.2) is 252 Å². The van der Waals surface area contributed by atoms with Crippen molar-refractivity contribution in [1.29, 1.82) is 0 Å². The highest BCUT2D eigenvalue weighted by atomic mass is 35.5. The van der Waals surface area contributed by atoms with Crippen LogP contribution in [0.1, 0.15) is 69.9 Å². The maximum atomic E-state index is 14.0. The summed E-state index contributed by atoms with van der Waals surface area (Å²) >= 11 is 12.4. The van der Waals surface area contributed by atoms with Crippen LogP contribution in [0.5, 0.6) is 0 Å². The molecule has 12 heteroatoms. The van der Waals surface area contributed by atoms with Gasteiger partial charge in [-0.3, -0.25) is 0 Å². The third-order valence-electron chi connectivity index (χ3n) is 15.4. The highest BCUT2D eigenvalue weighted by Gasteiger charge is 2.43. The standard InChI is InChI=1S/2C33H29ClN2O2S/c2*1-23-12-18-28(19-13-23)39(37,38)36(27-8-4-3-5-9-27)21-25-20-30(24-14-16-26(34)17-15-24)33(25)31-22-35(2)32-11-7-6-10-29(31)32/h2*3-19,21-22,30,33H,20H2,1-2H3/b2*25-21-/t2*30-,33+/m11/s1. The molecule has 12 rings (SSSR count). The van der Waals surface area contributed by atoms with Gasteiger partial charge in [-0.15, -0.1) is 0 Å². The smallest absolute Gasteiger partial charge is 0.268 e. The van der Waals surface area contributed by atoms with Crippen molar-refractivity contribution in [1.82, 2.24) is 9.13 Å². The molecule has 8 aromatic carbocycles. The van der Waals surface area contributed by atoms with Crippen LogP contribution in [-0.2, 0) is 34.1 Å². The maximum Gasteiger partial charge on any atom is 0.268 e. The first kappa shape index (κ1) is 52.5. The van der Waals surface area contributed by atoms with Crippen LogP contribution < -0.4 is 8.61 Å². The molecule has 10 aromatic rings. The summed E-state index contributed by atoms with van der Waals surface area (Å²) in [6.45, 7) is 3.90.